The maximum absolute atomic E-state index is 12.8. The fourth-order valence-corrected chi connectivity index (χ4v) is 3.59. The first-order chi connectivity index (χ1) is 13.2. The lowest BCUT2D eigenvalue weighted by Crippen LogP contribution is -2.39. The molecule has 0 bridgehead atoms. The van der Waals surface area contributed by atoms with Crippen molar-refractivity contribution in [3.63, 3.8) is 0 Å². The van der Waals surface area contributed by atoms with Crippen molar-refractivity contribution in [3.05, 3.63) is 54.0 Å². The van der Waals surface area contributed by atoms with Crippen molar-refractivity contribution in [2.45, 2.75) is 38.6 Å². The quantitative estimate of drug-likeness (QED) is 0.754. The molecule has 1 aromatic carbocycles. The van der Waals surface area contributed by atoms with Crippen LogP contribution in [0.1, 0.15) is 48.3 Å². The topological polar surface area (TPSA) is 79.7 Å². The van der Waals surface area contributed by atoms with Gasteiger partial charge in [-0.25, -0.2) is 4.68 Å². The van der Waals surface area contributed by atoms with E-state index in [9.17, 15) is 4.79 Å². The maximum Gasteiger partial charge on any atom is 0.253 e. The van der Waals surface area contributed by atoms with E-state index in [0.29, 0.717) is 6.04 Å². The van der Waals surface area contributed by atoms with Crippen molar-refractivity contribution >= 4 is 5.91 Å². The molecule has 140 valence electrons. The Labute approximate surface area is 158 Å². The number of benzene rings is 1. The van der Waals surface area contributed by atoms with Crippen LogP contribution >= 0.6 is 0 Å². The molecular formula is C20H24N6O. The molecule has 0 unspecified atom stereocenters. The van der Waals surface area contributed by atoms with Gasteiger partial charge < -0.3 is 4.90 Å². The number of hydrogen-bond donors (Lipinski definition) is 1. The molecule has 0 saturated carbocycles. The van der Waals surface area contributed by atoms with Gasteiger partial charge in [0.25, 0.3) is 5.91 Å². The van der Waals surface area contributed by atoms with Crippen molar-refractivity contribution in [2.24, 2.45) is 0 Å². The van der Waals surface area contributed by atoms with Crippen molar-refractivity contribution in [3.8, 4) is 11.3 Å². The van der Waals surface area contributed by atoms with Crippen molar-refractivity contribution in [1.82, 2.24) is 30.1 Å². The van der Waals surface area contributed by atoms with Gasteiger partial charge in [-0.05, 0) is 43.0 Å². The van der Waals surface area contributed by atoms with E-state index >= 15 is 0 Å². The monoisotopic (exact) mass is 364 g/mol. The summed E-state index contributed by atoms with van der Waals surface area (Å²) in [5, 5.41) is 15.4. The van der Waals surface area contributed by atoms with Crippen LogP contribution in [0.25, 0.3) is 11.3 Å². The molecule has 0 aliphatic carbocycles. The zero-order valence-electron chi connectivity index (χ0n) is 15.5. The van der Waals surface area contributed by atoms with Gasteiger partial charge in [0.05, 0.1) is 17.4 Å². The van der Waals surface area contributed by atoms with E-state index < -0.39 is 0 Å². The number of hydrogen-bond acceptors (Lipinski definition) is 4. The minimum atomic E-state index is 0.0925. The number of carbonyl (C=O) groups is 1. The van der Waals surface area contributed by atoms with E-state index in [4.69, 9.17) is 0 Å². The summed E-state index contributed by atoms with van der Waals surface area (Å²) in [5.74, 6) is 0.0925. The van der Waals surface area contributed by atoms with Gasteiger partial charge in [0.1, 0.15) is 0 Å². The molecule has 1 aliphatic rings. The Bertz CT molecular complexity index is 876. The van der Waals surface area contributed by atoms with Gasteiger partial charge in [0.15, 0.2) is 0 Å². The fraction of sp³-hybridized carbons (Fsp3) is 0.400. The van der Waals surface area contributed by atoms with Crippen LogP contribution in [0.15, 0.2) is 42.7 Å². The normalized spacial score (nSPS) is 15.2. The Morgan fingerprint density at radius 3 is 2.63 bits per heavy atom. The molecule has 7 nitrogen and oxygen atoms in total. The van der Waals surface area contributed by atoms with Crippen LogP contribution in [-0.4, -0.2) is 49.1 Å². The lowest BCUT2D eigenvalue weighted by Gasteiger charge is -2.32. The highest BCUT2D eigenvalue weighted by atomic mass is 16.2. The Morgan fingerprint density at radius 1 is 1.19 bits per heavy atom. The molecule has 1 N–H and O–H groups in total. The number of aromatic nitrogens is 5. The summed E-state index contributed by atoms with van der Waals surface area (Å²) >= 11 is 0. The largest absolute Gasteiger partial charge is 0.338 e. The summed E-state index contributed by atoms with van der Waals surface area (Å²) < 4.78 is 1.98. The molecule has 1 aliphatic heterocycles. The summed E-state index contributed by atoms with van der Waals surface area (Å²) in [6.45, 7) is 3.63. The number of piperidine rings is 1. The Kier molecular flexibility index (Phi) is 5.00. The second-order valence-electron chi connectivity index (χ2n) is 7.01. The molecule has 0 radical (unpaired) electrons. The molecular weight excluding hydrogens is 340 g/mol. The number of H-pyrrole nitrogens is 1. The average molecular weight is 364 g/mol. The van der Waals surface area contributed by atoms with E-state index in [0.717, 1.165) is 61.3 Å². The van der Waals surface area contributed by atoms with Crippen LogP contribution in [0, 0.1) is 0 Å². The minimum Gasteiger partial charge on any atom is -0.338 e. The van der Waals surface area contributed by atoms with E-state index in [2.05, 4.69) is 33.6 Å². The van der Waals surface area contributed by atoms with E-state index in [1.807, 2.05) is 39.9 Å². The lowest BCUT2D eigenvalue weighted by atomic mass is 10.0. The van der Waals surface area contributed by atoms with Gasteiger partial charge in [-0.3, -0.25) is 9.89 Å². The highest BCUT2D eigenvalue weighted by molar-refractivity contribution is 5.94. The van der Waals surface area contributed by atoms with E-state index in [1.54, 1.807) is 6.20 Å². The second kappa shape index (κ2) is 7.73. The van der Waals surface area contributed by atoms with Crippen LogP contribution in [0.5, 0.6) is 0 Å². The van der Waals surface area contributed by atoms with E-state index in [1.165, 1.54) is 0 Å². The number of likely N-dealkylation sites (tertiary alicyclic amines) is 1. The van der Waals surface area contributed by atoms with Gasteiger partial charge >= 0.3 is 0 Å². The van der Waals surface area contributed by atoms with Crippen LogP contribution < -0.4 is 0 Å². The van der Waals surface area contributed by atoms with Crippen LogP contribution in [0.3, 0.4) is 0 Å². The summed E-state index contributed by atoms with van der Waals surface area (Å²) in [6, 6.07) is 9.93. The number of nitrogens with one attached hydrogen (secondary N) is 1. The molecule has 1 saturated heterocycles. The van der Waals surface area contributed by atoms with Crippen LogP contribution in [-0.2, 0) is 6.42 Å². The fourth-order valence-electron chi connectivity index (χ4n) is 3.59. The zero-order chi connectivity index (χ0) is 18.6. The first-order valence-electron chi connectivity index (χ1n) is 9.54. The summed E-state index contributed by atoms with van der Waals surface area (Å²) in [6.07, 6.45) is 7.63. The molecule has 0 spiro atoms. The lowest BCUT2D eigenvalue weighted by molar-refractivity contribution is 0.0689. The summed E-state index contributed by atoms with van der Waals surface area (Å²) in [7, 11) is 0. The highest BCUT2D eigenvalue weighted by Gasteiger charge is 2.25. The molecule has 4 rings (SSSR count). The molecule has 3 heterocycles. The van der Waals surface area contributed by atoms with Gasteiger partial charge in [-0.2, -0.15) is 5.10 Å². The third-order valence-electron chi connectivity index (χ3n) is 5.13. The third-order valence-corrected chi connectivity index (χ3v) is 5.13. The molecule has 1 amide bonds. The second-order valence-corrected chi connectivity index (χ2v) is 7.01. The Morgan fingerprint density at radius 2 is 1.96 bits per heavy atom. The van der Waals surface area contributed by atoms with Gasteiger partial charge in [-0.1, -0.05) is 30.7 Å². The number of nitrogens with zero attached hydrogens (tertiary/aromatic N) is 5. The summed E-state index contributed by atoms with van der Waals surface area (Å²) in [4.78, 5) is 14.7. The molecule has 7 heteroatoms. The first kappa shape index (κ1) is 17.5. The number of carbonyl (C=O) groups excluding carboxylic acids is 1. The van der Waals surface area contributed by atoms with Gasteiger partial charge in [0, 0.05) is 31.0 Å². The smallest absolute Gasteiger partial charge is 0.253 e. The van der Waals surface area contributed by atoms with Gasteiger partial charge in [0.2, 0.25) is 0 Å². The number of amides is 1. The van der Waals surface area contributed by atoms with E-state index in [-0.39, 0.29) is 5.91 Å². The Hall–Kier alpha value is -2.96. The first-order valence-corrected chi connectivity index (χ1v) is 9.54. The molecule has 0 atom stereocenters. The predicted molar refractivity (Wildman–Crippen MR) is 102 cm³/mol. The number of aryl methyl sites for hydroxylation is 1. The number of rotatable bonds is 5. The van der Waals surface area contributed by atoms with Gasteiger partial charge in [-0.15, -0.1) is 5.10 Å². The predicted octanol–water partition coefficient (Wildman–Crippen LogP) is 3.10. The van der Waals surface area contributed by atoms with Crippen LogP contribution in [0.2, 0.25) is 0 Å². The molecule has 27 heavy (non-hydrogen) atoms. The molecule has 1 fully saturated rings. The standard InChI is InChI=1S/C20H24N6O/c1-2-3-17-14-26(24-22-17)18-9-12-25(13-10-18)20(27)16-6-4-15(5-7-16)19-8-11-21-23-19/h4-8,11,14,18H,2-3,9-10,12-13H2,1H3,(H,21,23). The molecule has 2 aromatic heterocycles. The third kappa shape index (κ3) is 3.77. The SMILES string of the molecule is CCCc1cn(C2CCN(C(=O)c3ccc(-c4ccn[nH]4)cc3)CC2)nn1. The minimum absolute atomic E-state index is 0.0925. The Balaban J connectivity index is 1.36. The number of aromatic amines is 1. The highest BCUT2D eigenvalue weighted by Crippen LogP contribution is 2.24. The van der Waals surface area contributed by atoms with Crippen molar-refractivity contribution in [1.29, 1.82) is 0 Å². The summed E-state index contributed by atoms with van der Waals surface area (Å²) in [5.41, 5.74) is 3.75. The van der Waals surface area contributed by atoms with Crippen molar-refractivity contribution < 1.29 is 4.79 Å². The maximum atomic E-state index is 12.8. The average Bonchev–Trinajstić information content (AvgIpc) is 3.40. The van der Waals surface area contributed by atoms with Crippen molar-refractivity contribution in [2.75, 3.05) is 13.1 Å². The van der Waals surface area contributed by atoms with Crippen LogP contribution in [0.4, 0.5) is 0 Å². The molecule has 3 aromatic rings. The zero-order valence-corrected chi connectivity index (χ0v) is 15.5.